The summed E-state index contributed by atoms with van der Waals surface area (Å²) in [6.45, 7) is 1.94. The highest BCUT2D eigenvalue weighted by molar-refractivity contribution is 9.10. The van der Waals surface area contributed by atoms with Crippen LogP contribution in [0.25, 0.3) is 22.0 Å². The SMILES string of the molecule is Cc1ccc(-c2csc(-c3ccccc3Br)n2)o1. The number of furan rings is 1. The van der Waals surface area contributed by atoms with Crippen LogP contribution in [-0.2, 0) is 0 Å². The third-order valence-electron chi connectivity index (χ3n) is 2.60. The topological polar surface area (TPSA) is 26.0 Å². The lowest BCUT2D eigenvalue weighted by molar-refractivity contribution is 0.547. The Morgan fingerprint density at radius 2 is 2.00 bits per heavy atom. The van der Waals surface area contributed by atoms with E-state index in [9.17, 15) is 0 Å². The normalized spacial score (nSPS) is 10.8. The Hall–Kier alpha value is -1.39. The Labute approximate surface area is 117 Å². The van der Waals surface area contributed by atoms with Gasteiger partial charge in [0.25, 0.3) is 0 Å². The lowest BCUT2D eigenvalue weighted by Gasteiger charge is -1.98. The Morgan fingerprint density at radius 1 is 1.17 bits per heavy atom. The van der Waals surface area contributed by atoms with Gasteiger partial charge in [0.2, 0.25) is 0 Å². The van der Waals surface area contributed by atoms with Gasteiger partial charge in [-0.05, 0) is 25.1 Å². The predicted octanol–water partition coefficient (Wildman–Crippen LogP) is 5.14. The minimum atomic E-state index is 0.821. The zero-order chi connectivity index (χ0) is 12.5. The molecule has 4 heteroatoms. The van der Waals surface area contributed by atoms with Crippen LogP contribution >= 0.6 is 27.3 Å². The Bertz CT molecular complexity index is 686. The summed E-state index contributed by atoms with van der Waals surface area (Å²) < 4.78 is 6.64. The van der Waals surface area contributed by atoms with Crippen molar-refractivity contribution in [2.24, 2.45) is 0 Å². The second-order valence-electron chi connectivity index (χ2n) is 3.93. The van der Waals surface area contributed by atoms with Crippen LogP contribution in [-0.4, -0.2) is 4.98 Å². The van der Waals surface area contributed by atoms with E-state index in [-0.39, 0.29) is 0 Å². The molecule has 90 valence electrons. The van der Waals surface area contributed by atoms with E-state index in [1.54, 1.807) is 11.3 Å². The van der Waals surface area contributed by atoms with Crippen molar-refractivity contribution in [2.45, 2.75) is 6.92 Å². The van der Waals surface area contributed by atoms with Crippen LogP contribution in [0.3, 0.4) is 0 Å². The highest BCUT2D eigenvalue weighted by Gasteiger charge is 2.11. The summed E-state index contributed by atoms with van der Waals surface area (Å²) in [6.07, 6.45) is 0. The fourth-order valence-corrected chi connectivity index (χ4v) is 3.17. The summed E-state index contributed by atoms with van der Waals surface area (Å²) in [4.78, 5) is 4.62. The minimum absolute atomic E-state index is 0.821. The molecule has 0 N–H and O–H groups in total. The van der Waals surface area contributed by atoms with Crippen molar-refractivity contribution in [3.63, 3.8) is 0 Å². The molecule has 0 amide bonds. The number of rotatable bonds is 2. The summed E-state index contributed by atoms with van der Waals surface area (Å²) >= 11 is 5.17. The van der Waals surface area contributed by atoms with E-state index in [0.29, 0.717) is 0 Å². The Kier molecular flexibility index (Phi) is 3.06. The average molecular weight is 320 g/mol. The third-order valence-corrected chi connectivity index (χ3v) is 4.17. The first-order valence-electron chi connectivity index (χ1n) is 5.51. The van der Waals surface area contributed by atoms with Crippen molar-refractivity contribution >= 4 is 27.3 Å². The number of nitrogens with zero attached hydrogens (tertiary/aromatic N) is 1. The standard InChI is InChI=1S/C14H10BrNOS/c1-9-6-7-13(17-9)12-8-18-14(16-12)10-4-2-3-5-11(10)15/h2-8H,1H3. The van der Waals surface area contributed by atoms with E-state index >= 15 is 0 Å². The molecule has 0 bridgehead atoms. The second-order valence-corrected chi connectivity index (χ2v) is 5.64. The number of benzene rings is 1. The van der Waals surface area contributed by atoms with Gasteiger partial charge < -0.3 is 4.42 Å². The molecule has 3 aromatic rings. The molecule has 1 aromatic carbocycles. The van der Waals surface area contributed by atoms with Crippen molar-refractivity contribution < 1.29 is 4.42 Å². The van der Waals surface area contributed by atoms with Crippen LogP contribution in [0.5, 0.6) is 0 Å². The summed E-state index contributed by atoms with van der Waals surface area (Å²) in [5.74, 6) is 1.72. The van der Waals surface area contributed by atoms with Gasteiger partial charge in [0.15, 0.2) is 5.76 Å². The van der Waals surface area contributed by atoms with Crippen LogP contribution in [0.1, 0.15) is 5.76 Å². The summed E-state index contributed by atoms with van der Waals surface area (Å²) in [5, 5.41) is 3.01. The van der Waals surface area contributed by atoms with Crippen LogP contribution in [0.4, 0.5) is 0 Å². The molecule has 2 nitrogen and oxygen atoms in total. The van der Waals surface area contributed by atoms with E-state index in [1.807, 2.05) is 42.6 Å². The first kappa shape index (κ1) is 11.7. The molecule has 0 atom stereocenters. The van der Waals surface area contributed by atoms with Gasteiger partial charge in [-0.15, -0.1) is 11.3 Å². The quantitative estimate of drug-likeness (QED) is 0.653. The molecule has 0 aliphatic heterocycles. The zero-order valence-electron chi connectivity index (χ0n) is 9.68. The van der Waals surface area contributed by atoms with Crippen LogP contribution < -0.4 is 0 Å². The van der Waals surface area contributed by atoms with E-state index < -0.39 is 0 Å². The van der Waals surface area contributed by atoms with E-state index in [2.05, 4.69) is 27.0 Å². The molecule has 2 aromatic heterocycles. The van der Waals surface area contributed by atoms with Crippen molar-refractivity contribution in [1.82, 2.24) is 4.98 Å². The molecular formula is C14H10BrNOS. The lowest BCUT2D eigenvalue weighted by atomic mass is 10.2. The predicted molar refractivity (Wildman–Crippen MR) is 77.7 cm³/mol. The fourth-order valence-electron chi connectivity index (χ4n) is 1.72. The second kappa shape index (κ2) is 4.71. The highest BCUT2D eigenvalue weighted by atomic mass is 79.9. The molecule has 2 heterocycles. The first-order chi connectivity index (χ1) is 8.74. The van der Waals surface area contributed by atoms with Crippen molar-refractivity contribution in [3.8, 4) is 22.0 Å². The highest BCUT2D eigenvalue weighted by Crippen LogP contribution is 2.33. The maximum atomic E-state index is 5.58. The fraction of sp³-hybridized carbons (Fsp3) is 0.0714. The van der Waals surface area contributed by atoms with Gasteiger partial charge in [0.05, 0.1) is 0 Å². The molecule has 0 fully saturated rings. The number of thiazole rings is 1. The van der Waals surface area contributed by atoms with E-state index in [4.69, 9.17) is 4.42 Å². The molecule has 0 saturated heterocycles. The van der Waals surface area contributed by atoms with Crippen LogP contribution in [0.15, 0.2) is 50.7 Å². The van der Waals surface area contributed by atoms with Gasteiger partial charge in [-0.3, -0.25) is 0 Å². The zero-order valence-corrected chi connectivity index (χ0v) is 12.1. The molecule has 0 unspecified atom stereocenters. The van der Waals surface area contributed by atoms with Crippen molar-refractivity contribution in [2.75, 3.05) is 0 Å². The van der Waals surface area contributed by atoms with E-state index in [1.165, 1.54) is 0 Å². The summed E-state index contributed by atoms with van der Waals surface area (Å²) in [7, 11) is 0. The molecule has 0 radical (unpaired) electrons. The Morgan fingerprint density at radius 3 is 2.72 bits per heavy atom. The van der Waals surface area contributed by atoms with Gasteiger partial charge in [-0.1, -0.05) is 34.1 Å². The smallest absolute Gasteiger partial charge is 0.153 e. The maximum Gasteiger partial charge on any atom is 0.153 e. The van der Waals surface area contributed by atoms with Gasteiger partial charge in [-0.2, -0.15) is 0 Å². The number of hydrogen-bond donors (Lipinski definition) is 0. The van der Waals surface area contributed by atoms with Gasteiger partial charge in [0.1, 0.15) is 16.5 Å². The first-order valence-corrected chi connectivity index (χ1v) is 7.18. The largest absolute Gasteiger partial charge is 0.460 e. The number of hydrogen-bond acceptors (Lipinski definition) is 3. The molecule has 18 heavy (non-hydrogen) atoms. The molecule has 0 saturated carbocycles. The molecule has 3 rings (SSSR count). The molecule has 0 spiro atoms. The molecular weight excluding hydrogens is 310 g/mol. The molecule has 0 aliphatic carbocycles. The van der Waals surface area contributed by atoms with Crippen LogP contribution in [0.2, 0.25) is 0 Å². The van der Waals surface area contributed by atoms with Crippen LogP contribution in [0, 0.1) is 6.92 Å². The lowest BCUT2D eigenvalue weighted by Crippen LogP contribution is -1.79. The van der Waals surface area contributed by atoms with Gasteiger partial charge >= 0.3 is 0 Å². The monoisotopic (exact) mass is 319 g/mol. The number of aryl methyl sites for hydroxylation is 1. The van der Waals surface area contributed by atoms with Gasteiger partial charge in [-0.25, -0.2) is 4.98 Å². The van der Waals surface area contributed by atoms with E-state index in [0.717, 1.165) is 32.3 Å². The van der Waals surface area contributed by atoms with Gasteiger partial charge in [0, 0.05) is 15.4 Å². The summed E-state index contributed by atoms with van der Waals surface area (Å²) in [6, 6.07) is 12.0. The maximum absolute atomic E-state index is 5.58. The van der Waals surface area contributed by atoms with Crippen molar-refractivity contribution in [1.29, 1.82) is 0 Å². The number of aromatic nitrogens is 1. The third kappa shape index (κ3) is 2.13. The van der Waals surface area contributed by atoms with Crippen molar-refractivity contribution in [3.05, 3.63) is 52.0 Å². The molecule has 0 aliphatic rings. The average Bonchev–Trinajstić information content (AvgIpc) is 2.98. The minimum Gasteiger partial charge on any atom is -0.460 e. The summed E-state index contributed by atoms with van der Waals surface area (Å²) in [5.41, 5.74) is 2.00. The number of halogens is 1. The Balaban J connectivity index is 2.02.